The minimum atomic E-state index is -0.934. The predicted molar refractivity (Wildman–Crippen MR) is 78.7 cm³/mol. The number of halogens is 1. The Balaban J connectivity index is 2.38. The molecule has 0 spiro atoms. The largest absolute Gasteiger partial charge is 0.496 e. The first-order valence-corrected chi connectivity index (χ1v) is 7.05. The van der Waals surface area contributed by atoms with Gasteiger partial charge in [-0.05, 0) is 38.0 Å². The van der Waals surface area contributed by atoms with Gasteiger partial charge in [-0.3, -0.25) is 4.79 Å². The van der Waals surface area contributed by atoms with Crippen LogP contribution in [0.25, 0.3) is 0 Å². The topological polar surface area (TPSA) is 55.8 Å². The van der Waals surface area contributed by atoms with E-state index in [9.17, 15) is 9.59 Å². The SMILES string of the molecule is COC(=O)C1(C)CCCN1C(=O)c1ccc(Cl)cc1OC. The third kappa shape index (κ3) is 2.70. The molecule has 0 aliphatic carbocycles. The second kappa shape index (κ2) is 5.93. The normalized spacial score (nSPS) is 21.2. The molecule has 1 aromatic carbocycles. The molecule has 0 bridgehead atoms. The Labute approximate surface area is 128 Å². The van der Waals surface area contributed by atoms with E-state index in [1.54, 1.807) is 30.0 Å². The Morgan fingerprint density at radius 2 is 2.05 bits per heavy atom. The van der Waals surface area contributed by atoms with Crippen LogP contribution in [0.3, 0.4) is 0 Å². The summed E-state index contributed by atoms with van der Waals surface area (Å²) in [7, 11) is 2.81. The van der Waals surface area contributed by atoms with Crippen LogP contribution in [-0.2, 0) is 9.53 Å². The molecule has 21 heavy (non-hydrogen) atoms. The highest BCUT2D eigenvalue weighted by Gasteiger charge is 2.47. The number of carbonyl (C=O) groups is 2. The molecule has 0 saturated carbocycles. The fourth-order valence-electron chi connectivity index (χ4n) is 2.71. The number of likely N-dealkylation sites (tertiary alicyclic amines) is 1. The van der Waals surface area contributed by atoms with Gasteiger partial charge < -0.3 is 14.4 Å². The summed E-state index contributed by atoms with van der Waals surface area (Å²) in [6.45, 7) is 2.24. The lowest BCUT2D eigenvalue weighted by Gasteiger charge is -2.32. The first-order chi connectivity index (χ1) is 9.93. The van der Waals surface area contributed by atoms with E-state index in [1.807, 2.05) is 0 Å². The van der Waals surface area contributed by atoms with E-state index in [-0.39, 0.29) is 5.91 Å². The van der Waals surface area contributed by atoms with E-state index < -0.39 is 11.5 Å². The zero-order chi connectivity index (χ0) is 15.6. The van der Waals surface area contributed by atoms with Crippen LogP contribution < -0.4 is 4.74 Å². The van der Waals surface area contributed by atoms with Gasteiger partial charge in [-0.25, -0.2) is 4.79 Å². The van der Waals surface area contributed by atoms with Crippen LogP contribution in [0.5, 0.6) is 5.75 Å². The smallest absolute Gasteiger partial charge is 0.331 e. The number of benzene rings is 1. The number of rotatable bonds is 3. The molecular formula is C15H18ClNO4. The van der Waals surface area contributed by atoms with Crippen molar-refractivity contribution in [1.29, 1.82) is 0 Å². The zero-order valence-electron chi connectivity index (χ0n) is 12.3. The van der Waals surface area contributed by atoms with E-state index in [1.165, 1.54) is 14.2 Å². The number of hydrogen-bond donors (Lipinski definition) is 0. The maximum Gasteiger partial charge on any atom is 0.331 e. The van der Waals surface area contributed by atoms with Crippen molar-refractivity contribution in [3.05, 3.63) is 28.8 Å². The number of carbonyl (C=O) groups excluding carboxylic acids is 2. The van der Waals surface area contributed by atoms with Gasteiger partial charge in [-0.15, -0.1) is 0 Å². The van der Waals surface area contributed by atoms with Crippen LogP contribution in [0.1, 0.15) is 30.1 Å². The summed E-state index contributed by atoms with van der Waals surface area (Å²) >= 11 is 5.91. The van der Waals surface area contributed by atoms with Gasteiger partial charge in [0.15, 0.2) is 0 Å². The molecule has 114 valence electrons. The van der Waals surface area contributed by atoms with Crippen molar-refractivity contribution in [3.8, 4) is 5.75 Å². The molecule has 1 fully saturated rings. The molecule has 6 heteroatoms. The Morgan fingerprint density at radius 3 is 2.67 bits per heavy atom. The number of methoxy groups -OCH3 is 2. The number of nitrogens with zero attached hydrogens (tertiary/aromatic N) is 1. The standard InChI is InChI=1S/C15H18ClNO4/c1-15(14(19)21-3)7-4-8-17(15)13(18)11-6-5-10(16)9-12(11)20-2/h5-6,9H,4,7-8H2,1-3H3. The molecule has 1 heterocycles. The zero-order valence-corrected chi connectivity index (χ0v) is 13.1. The first kappa shape index (κ1) is 15.6. The third-order valence-corrected chi connectivity index (χ3v) is 4.14. The van der Waals surface area contributed by atoms with Gasteiger partial charge in [0.25, 0.3) is 5.91 Å². The summed E-state index contributed by atoms with van der Waals surface area (Å²) in [4.78, 5) is 26.3. The van der Waals surface area contributed by atoms with Crippen LogP contribution in [0.15, 0.2) is 18.2 Å². The minimum absolute atomic E-state index is 0.256. The van der Waals surface area contributed by atoms with E-state index in [0.717, 1.165) is 6.42 Å². The Bertz CT molecular complexity index is 575. The van der Waals surface area contributed by atoms with Crippen LogP contribution in [0.2, 0.25) is 5.02 Å². The average Bonchev–Trinajstić information content (AvgIpc) is 2.88. The molecule has 1 amide bonds. The summed E-state index contributed by atoms with van der Waals surface area (Å²) in [5, 5.41) is 0.487. The van der Waals surface area contributed by atoms with Gasteiger partial charge in [0, 0.05) is 11.6 Å². The quantitative estimate of drug-likeness (QED) is 0.805. The van der Waals surface area contributed by atoms with Crippen molar-refractivity contribution in [3.63, 3.8) is 0 Å². The van der Waals surface area contributed by atoms with Crippen LogP contribution in [0, 0.1) is 0 Å². The minimum Gasteiger partial charge on any atom is -0.496 e. The highest BCUT2D eigenvalue weighted by atomic mass is 35.5. The fourth-order valence-corrected chi connectivity index (χ4v) is 2.87. The molecule has 1 aliphatic rings. The summed E-state index contributed by atoms with van der Waals surface area (Å²) in [6, 6.07) is 4.82. The van der Waals surface area contributed by atoms with Gasteiger partial charge >= 0.3 is 5.97 Å². The van der Waals surface area contributed by atoms with Gasteiger partial charge in [-0.2, -0.15) is 0 Å². The third-order valence-electron chi connectivity index (χ3n) is 3.91. The van der Waals surface area contributed by atoms with Gasteiger partial charge in [0.1, 0.15) is 11.3 Å². The molecule has 1 aliphatic heterocycles. The molecule has 2 rings (SSSR count). The van der Waals surface area contributed by atoms with Crippen LogP contribution >= 0.6 is 11.6 Å². The van der Waals surface area contributed by atoms with Gasteiger partial charge in [0.2, 0.25) is 0 Å². The maximum absolute atomic E-state index is 12.8. The van der Waals surface area contributed by atoms with Gasteiger partial charge in [-0.1, -0.05) is 11.6 Å². The number of amides is 1. The number of hydrogen-bond acceptors (Lipinski definition) is 4. The second-order valence-corrected chi connectivity index (χ2v) is 5.61. The number of esters is 1. The molecule has 1 unspecified atom stereocenters. The highest BCUT2D eigenvalue weighted by Crippen LogP contribution is 2.34. The molecule has 5 nitrogen and oxygen atoms in total. The Kier molecular flexibility index (Phi) is 4.42. The van der Waals surface area contributed by atoms with Crippen LogP contribution in [0.4, 0.5) is 0 Å². The summed E-state index contributed by atoms with van der Waals surface area (Å²) in [6.07, 6.45) is 1.34. The average molecular weight is 312 g/mol. The molecule has 1 atom stereocenters. The van der Waals surface area contributed by atoms with Crippen LogP contribution in [-0.4, -0.2) is 43.1 Å². The predicted octanol–water partition coefficient (Wildman–Crippen LogP) is 2.52. The summed E-state index contributed by atoms with van der Waals surface area (Å²) in [5.74, 6) is -0.262. The van der Waals surface area contributed by atoms with Crippen molar-refractivity contribution in [2.24, 2.45) is 0 Å². The van der Waals surface area contributed by atoms with E-state index in [0.29, 0.717) is 29.3 Å². The Hall–Kier alpha value is -1.75. The van der Waals surface area contributed by atoms with Crippen molar-refractivity contribution in [1.82, 2.24) is 4.90 Å². The maximum atomic E-state index is 12.8. The lowest BCUT2D eigenvalue weighted by molar-refractivity contribution is -0.151. The summed E-state index contributed by atoms with van der Waals surface area (Å²) < 4.78 is 10.1. The van der Waals surface area contributed by atoms with E-state index >= 15 is 0 Å². The Morgan fingerprint density at radius 1 is 1.33 bits per heavy atom. The molecule has 0 radical (unpaired) electrons. The van der Waals surface area contributed by atoms with E-state index in [4.69, 9.17) is 21.1 Å². The molecule has 1 saturated heterocycles. The lowest BCUT2D eigenvalue weighted by atomic mass is 9.98. The molecule has 0 N–H and O–H groups in total. The highest BCUT2D eigenvalue weighted by molar-refractivity contribution is 6.30. The first-order valence-electron chi connectivity index (χ1n) is 6.68. The monoisotopic (exact) mass is 311 g/mol. The van der Waals surface area contributed by atoms with E-state index in [2.05, 4.69) is 0 Å². The van der Waals surface area contributed by atoms with Crippen molar-refractivity contribution in [2.45, 2.75) is 25.3 Å². The molecule has 1 aromatic rings. The van der Waals surface area contributed by atoms with Crippen molar-refractivity contribution in [2.75, 3.05) is 20.8 Å². The second-order valence-electron chi connectivity index (χ2n) is 5.17. The van der Waals surface area contributed by atoms with Gasteiger partial charge in [0.05, 0.1) is 19.8 Å². The molecule has 0 aromatic heterocycles. The molecular weight excluding hydrogens is 294 g/mol. The lowest BCUT2D eigenvalue weighted by Crippen LogP contribution is -2.51. The fraction of sp³-hybridized carbons (Fsp3) is 0.467. The van der Waals surface area contributed by atoms with Crippen molar-refractivity contribution >= 4 is 23.5 Å². The summed E-state index contributed by atoms with van der Waals surface area (Å²) in [5.41, 5.74) is -0.546. The number of ether oxygens (including phenoxy) is 2. The van der Waals surface area contributed by atoms with Crippen molar-refractivity contribution < 1.29 is 19.1 Å².